The number of aromatic amines is 1. The number of nitrogens with one attached hydrogen (secondary N) is 3. The quantitative estimate of drug-likeness (QED) is 0.0954. The first-order valence-electron chi connectivity index (χ1n) is 14.8. The highest BCUT2D eigenvalue weighted by molar-refractivity contribution is 7.92. The predicted molar refractivity (Wildman–Crippen MR) is 182 cm³/mol. The van der Waals surface area contributed by atoms with Crippen molar-refractivity contribution in [2.75, 3.05) is 29.3 Å². The summed E-state index contributed by atoms with van der Waals surface area (Å²) >= 11 is 0. The Bertz CT molecular complexity index is 1970. The number of fused-ring (bicyclic) bond motifs is 1. The van der Waals surface area contributed by atoms with Crippen molar-refractivity contribution < 1.29 is 23.1 Å². The first-order chi connectivity index (χ1) is 22.2. The Kier molecular flexibility index (Phi) is 9.94. The van der Waals surface area contributed by atoms with Crippen molar-refractivity contribution in [3.63, 3.8) is 0 Å². The zero-order valence-electron chi connectivity index (χ0n) is 25.5. The first-order valence-corrected chi connectivity index (χ1v) is 16.3. The van der Waals surface area contributed by atoms with Crippen LogP contribution in [0.1, 0.15) is 31.4 Å². The van der Waals surface area contributed by atoms with Crippen LogP contribution in [0.5, 0.6) is 5.88 Å². The molecule has 0 saturated carbocycles. The van der Waals surface area contributed by atoms with Crippen molar-refractivity contribution in [3.05, 3.63) is 114 Å². The summed E-state index contributed by atoms with van der Waals surface area (Å²) in [5.74, 6) is -0.140. The minimum atomic E-state index is -3.84. The summed E-state index contributed by atoms with van der Waals surface area (Å²) < 4.78 is 28.7. The van der Waals surface area contributed by atoms with E-state index >= 15 is 0 Å². The lowest BCUT2D eigenvalue weighted by atomic mass is 10.0. The number of aromatic nitrogens is 1. The van der Waals surface area contributed by atoms with Gasteiger partial charge >= 0.3 is 0 Å². The SMILES string of the molecule is CCC(=O)N(CCNCC(C)=O)c1ccc(N=C(c2ccccc2)c2c(O)[nH]c3ccc(NS(=O)(=O)c4ccccc4)cc23)cc1. The molecule has 0 fully saturated rings. The van der Waals surface area contributed by atoms with E-state index in [1.807, 2.05) is 42.5 Å². The monoisotopic (exact) mass is 637 g/mol. The first kappa shape index (κ1) is 32.1. The number of aromatic hydroxyl groups is 1. The highest BCUT2D eigenvalue weighted by Crippen LogP contribution is 2.34. The topological polar surface area (TPSA) is 144 Å². The van der Waals surface area contributed by atoms with E-state index in [1.54, 1.807) is 60.4 Å². The lowest BCUT2D eigenvalue weighted by Gasteiger charge is -2.22. The third-order valence-electron chi connectivity index (χ3n) is 7.26. The Hall–Kier alpha value is -5.26. The fourth-order valence-corrected chi connectivity index (χ4v) is 6.11. The van der Waals surface area contributed by atoms with Crippen LogP contribution in [0, 0.1) is 0 Å². The summed E-state index contributed by atoms with van der Waals surface area (Å²) in [6.45, 7) is 4.41. The number of carbonyl (C=O) groups is 2. The van der Waals surface area contributed by atoms with Crippen molar-refractivity contribution in [2.24, 2.45) is 4.99 Å². The van der Waals surface area contributed by atoms with E-state index < -0.39 is 10.0 Å². The van der Waals surface area contributed by atoms with Gasteiger partial charge in [-0.3, -0.25) is 14.3 Å². The molecule has 5 aromatic rings. The van der Waals surface area contributed by atoms with E-state index in [-0.39, 0.29) is 29.0 Å². The van der Waals surface area contributed by atoms with Gasteiger partial charge in [0, 0.05) is 47.4 Å². The van der Waals surface area contributed by atoms with Gasteiger partial charge in [-0.1, -0.05) is 55.5 Å². The maximum atomic E-state index is 13.0. The van der Waals surface area contributed by atoms with E-state index in [4.69, 9.17) is 4.99 Å². The molecule has 1 amide bonds. The van der Waals surface area contributed by atoms with Gasteiger partial charge in [-0.15, -0.1) is 0 Å². The highest BCUT2D eigenvalue weighted by Gasteiger charge is 2.21. The molecule has 0 aliphatic carbocycles. The summed E-state index contributed by atoms with van der Waals surface area (Å²) in [5, 5.41) is 14.8. The van der Waals surface area contributed by atoms with E-state index in [0.29, 0.717) is 58.8 Å². The highest BCUT2D eigenvalue weighted by atomic mass is 32.2. The molecule has 5 rings (SSSR count). The molecule has 0 atom stereocenters. The van der Waals surface area contributed by atoms with Crippen LogP contribution in [0.3, 0.4) is 0 Å². The van der Waals surface area contributed by atoms with Gasteiger partial charge in [0.15, 0.2) is 5.88 Å². The molecule has 0 bridgehead atoms. The van der Waals surface area contributed by atoms with Crippen LogP contribution in [0.25, 0.3) is 10.9 Å². The molecule has 236 valence electrons. The lowest BCUT2D eigenvalue weighted by molar-refractivity contribution is -0.118. The molecule has 0 aliphatic heterocycles. The number of hydrogen-bond acceptors (Lipinski definition) is 7. The van der Waals surface area contributed by atoms with Crippen molar-refractivity contribution in [1.29, 1.82) is 0 Å². The Balaban J connectivity index is 1.52. The fourth-order valence-electron chi connectivity index (χ4n) is 5.04. The van der Waals surface area contributed by atoms with Crippen LogP contribution < -0.4 is 14.9 Å². The molecule has 10 nitrogen and oxygen atoms in total. The maximum Gasteiger partial charge on any atom is 0.261 e. The van der Waals surface area contributed by atoms with E-state index in [2.05, 4.69) is 15.0 Å². The third-order valence-corrected chi connectivity index (χ3v) is 8.66. The number of rotatable bonds is 13. The van der Waals surface area contributed by atoms with Crippen molar-refractivity contribution >= 4 is 55.4 Å². The predicted octanol–water partition coefficient (Wildman–Crippen LogP) is 5.77. The van der Waals surface area contributed by atoms with Crippen LogP contribution in [0.4, 0.5) is 17.1 Å². The fraction of sp³-hybridized carbons (Fsp3) is 0.171. The smallest absolute Gasteiger partial charge is 0.261 e. The summed E-state index contributed by atoms with van der Waals surface area (Å²) in [5.41, 5.74) is 3.81. The number of amides is 1. The number of Topliss-reactive ketones (excluding diaryl/α,β-unsaturated/α-hetero) is 1. The van der Waals surface area contributed by atoms with Crippen LogP contribution in [0.2, 0.25) is 0 Å². The second kappa shape index (κ2) is 14.2. The summed E-state index contributed by atoms with van der Waals surface area (Å²) in [6.07, 6.45) is 0.327. The van der Waals surface area contributed by atoms with E-state index in [9.17, 15) is 23.1 Å². The molecule has 11 heteroatoms. The summed E-state index contributed by atoms with van der Waals surface area (Å²) in [6, 6.07) is 29.7. The van der Waals surface area contributed by atoms with Gasteiger partial charge in [-0.05, 0) is 61.5 Å². The number of nitrogens with zero attached hydrogens (tertiary/aromatic N) is 2. The molecular formula is C35H35N5O5S. The maximum absolute atomic E-state index is 13.0. The number of aliphatic imine (C=N–C) groups is 1. The Morgan fingerprint density at radius 2 is 1.59 bits per heavy atom. The normalized spacial score (nSPS) is 11.8. The van der Waals surface area contributed by atoms with Crippen molar-refractivity contribution in [3.8, 4) is 5.88 Å². The summed E-state index contributed by atoms with van der Waals surface area (Å²) in [7, 11) is -3.84. The van der Waals surface area contributed by atoms with Gasteiger partial charge in [0.25, 0.3) is 10.0 Å². The molecule has 4 aromatic carbocycles. The van der Waals surface area contributed by atoms with Gasteiger partial charge in [0.05, 0.1) is 28.4 Å². The van der Waals surface area contributed by atoms with E-state index in [1.165, 1.54) is 19.1 Å². The van der Waals surface area contributed by atoms with Gasteiger partial charge in [0.1, 0.15) is 5.78 Å². The second-order valence-electron chi connectivity index (χ2n) is 10.6. The van der Waals surface area contributed by atoms with Gasteiger partial charge in [-0.25, -0.2) is 13.4 Å². The number of sulfonamides is 1. The molecule has 4 N–H and O–H groups in total. The average Bonchev–Trinajstić information content (AvgIpc) is 3.38. The molecule has 0 unspecified atom stereocenters. The van der Waals surface area contributed by atoms with Crippen LogP contribution >= 0.6 is 0 Å². The zero-order chi connectivity index (χ0) is 32.7. The van der Waals surface area contributed by atoms with Crippen LogP contribution in [-0.4, -0.2) is 55.5 Å². The number of hydrogen-bond donors (Lipinski definition) is 4. The van der Waals surface area contributed by atoms with Gasteiger partial charge in [0.2, 0.25) is 5.91 Å². The minimum absolute atomic E-state index is 0.0238. The van der Waals surface area contributed by atoms with Crippen LogP contribution in [0.15, 0.2) is 113 Å². The average molecular weight is 638 g/mol. The Labute approximate surface area is 267 Å². The summed E-state index contributed by atoms with van der Waals surface area (Å²) in [4.78, 5) is 33.7. The number of benzene rings is 4. The van der Waals surface area contributed by atoms with Crippen LogP contribution in [-0.2, 0) is 19.6 Å². The number of carbonyl (C=O) groups excluding carboxylic acids is 2. The molecule has 0 aliphatic rings. The molecule has 0 saturated heterocycles. The van der Waals surface area contributed by atoms with Gasteiger partial charge in [-0.2, -0.15) is 0 Å². The minimum Gasteiger partial charge on any atom is -0.494 e. The Morgan fingerprint density at radius 1 is 0.913 bits per heavy atom. The van der Waals surface area contributed by atoms with Crippen molar-refractivity contribution in [2.45, 2.75) is 25.2 Å². The number of H-pyrrole nitrogens is 1. The largest absolute Gasteiger partial charge is 0.494 e. The molecule has 0 spiro atoms. The zero-order valence-corrected chi connectivity index (χ0v) is 26.3. The molecular weight excluding hydrogens is 602 g/mol. The second-order valence-corrected chi connectivity index (χ2v) is 12.3. The van der Waals surface area contributed by atoms with Gasteiger partial charge < -0.3 is 20.3 Å². The standard InChI is InChI=1S/C35H35N5O5S/c1-3-32(42)40(21-20-36-23-24(2)41)28-17-14-26(15-18-28)37-34(25-10-6-4-7-11-25)33-30-22-27(16-19-31(30)38-35(33)43)39-46(44,45)29-12-8-5-9-13-29/h4-19,22,36,38-39,43H,3,20-21,23H2,1-2H3. The van der Waals surface area contributed by atoms with E-state index in [0.717, 1.165) is 5.56 Å². The molecule has 1 heterocycles. The third kappa shape index (κ3) is 7.51. The molecule has 1 aromatic heterocycles. The number of anilines is 2. The van der Waals surface area contributed by atoms with Crippen molar-refractivity contribution in [1.82, 2.24) is 10.3 Å². The molecule has 0 radical (unpaired) electrons. The number of ketones is 1. The lowest BCUT2D eigenvalue weighted by Crippen LogP contribution is -2.37. The molecule has 46 heavy (non-hydrogen) atoms. The Morgan fingerprint density at radius 3 is 2.24 bits per heavy atom.